The third-order valence-corrected chi connectivity index (χ3v) is 7.83. The smallest absolute Gasteiger partial charge is 0.307 e. The van der Waals surface area contributed by atoms with Gasteiger partial charge in [-0.15, -0.1) is 0 Å². The Morgan fingerprint density at radius 1 is 0.923 bits per heavy atom. The van der Waals surface area contributed by atoms with Crippen molar-refractivity contribution >= 4 is 11.9 Å². The Labute approximate surface area is 225 Å². The molecule has 2 fully saturated rings. The highest BCUT2D eigenvalue weighted by Crippen LogP contribution is 2.48. The van der Waals surface area contributed by atoms with E-state index in [4.69, 9.17) is 19.3 Å². The molecule has 3 aliphatic rings. The van der Waals surface area contributed by atoms with Crippen molar-refractivity contribution in [2.24, 2.45) is 5.92 Å². The number of aliphatic carboxylic acids is 1. The minimum absolute atomic E-state index is 0.0522. The number of hydrogen-bond donors (Lipinski definition) is 2. The molecular formula is C31H30FNO6. The molecule has 1 amide bonds. The molecule has 1 saturated carbocycles. The molecule has 6 rings (SSSR count). The zero-order valence-corrected chi connectivity index (χ0v) is 21.4. The van der Waals surface area contributed by atoms with Gasteiger partial charge < -0.3 is 24.6 Å². The fourth-order valence-electron chi connectivity index (χ4n) is 5.56. The molecule has 3 aromatic carbocycles. The van der Waals surface area contributed by atoms with E-state index in [1.165, 1.54) is 6.07 Å². The Kier molecular flexibility index (Phi) is 6.95. The lowest BCUT2D eigenvalue weighted by molar-refractivity contribution is -0.138. The lowest BCUT2D eigenvalue weighted by Gasteiger charge is -2.23. The minimum Gasteiger partial charge on any atom is -0.486 e. The van der Waals surface area contributed by atoms with Gasteiger partial charge in [0.2, 0.25) is 0 Å². The topological polar surface area (TPSA) is 94.1 Å². The first-order valence-electron chi connectivity index (χ1n) is 13.4. The van der Waals surface area contributed by atoms with Gasteiger partial charge in [-0.1, -0.05) is 12.1 Å². The SMILES string of the molecule is O=C(NC1CCOCC1)c1ccc(Oc2ccc(F)c3c2CCC3Oc2ccc(C3C[C@@H]3C(=O)O)cc2)cc1. The highest BCUT2D eigenvalue weighted by molar-refractivity contribution is 5.94. The zero-order chi connectivity index (χ0) is 26.9. The second kappa shape index (κ2) is 10.7. The summed E-state index contributed by atoms with van der Waals surface area (Å²) in [5.74, 6) is 0.273. The van der Waals surface area contributed by atoms with Crippen LogP contribution in [0.15, 0.2) is 60.7 Å². The van der Waals surface area contributed by atoms with Crippen LogP contribution in [0.3, 0.4) is 0 Å². The molecule has 2 aliphatic carbocycles. The number of ether oxygens (including phenoxy) is 3. The lowest BCUT2D eigenvalue weighted by atomic mass is 10.1. The van der Waals surface area contributed by atoms with Crippen molar-refractivity contribution < 1.29 is 33.3 Å². The van der Waals surface area contributed by atoms with Crippen molar-refractivity contribution in [3.63, 3.8) is 0 Å². The number of hydrogen-bond acceptors (Lipinski definition) is 5. The van der Waals surface area contributed by atoms with Crippen LogP contribution in [0, 0.1) is 11.7 Å². The van der Waals surface area contributed by atoms with Crippen molar-refractivity contribution in [3.8, 4) is 17.2 Å². The van der Waals surface area contributed by atoms with Gasteiger partial charge in [-0.05, 0) is 92.1 Å². The van der Waals surface area contributed by atoms with Crippen LogP contribution in [-0.4, -0.2) is 36.2 Å². The van der Waals surface area contributed by atoms with Gasteiger partial charge in [0.1, 0.15) is 29.2 Å². The van der Waals surface area contributed by atoms with Crippen molar-refractivity contribution in [2.75, 3.05) is 13.2 Å². The largest absolute Gasteiger partial charge is 0.486 e. The van der Waals surface area contributed by atoms with Crippen molar-refractivity contribution in [2.45, 2.75) is 50.2 Å². The number of amides is 1. The molecule has 3 atom stereocenters. The van der Waals surface area contributed by atoms with E-state index in [1.807, 2.05) is 24.3 Å². The fourth-order valence-corrected chi connectivity index (χ4v) is 5.56. The molecule has 1 aliphatic heterocycles. The molecule has 1 saturated heterocycles. The van der Waals surface area contributed by atoms with E-state index < -0.39 is 12.1 Å². The van der Waals surface area contributed by atoms with Crippen molar-refractivity contribution in [1.29, 1.82) is 0 Å². The monoisotopic (exact) mass is 531 g/mol. The molecule has 1 heterocycles. The maximum atomic E-state index is 15.0. The first kappa shape index (κ1) is 25.4. The van der Waals surface area contributed by atoms with E-state index >= 15 is 0 Å². The average molecular weight is 532 g/mol. The summed E-state index contributed by atoms with van der Waals surface area (Å²) in [6.07, 6.45) is 3.06. The van der Waals surface area contributed by atoms with Crippen LogP contribution in [0.25, 0.3) is 0 Å². The van der Waals surface area contributed by atoms with Crippen LogP contribution in [0.5, 0.6) is 17.2 Å². The summed E-state index contributed by atoms with van der Waals surface area (Å²) in [5.41, 5.74) is 2.81. The van der Waals surface area contributed by atoms with Gasteiger partial charge in [-0.2, -0.15) is 0 Å². The molecule has 8 heteroatoms. The van der Waals surface area contributed by atoms with E-state index in [0.717, 1.165) is 24.0 Å². The Hall–Kier alpha value is -3.91. The minimum atomic E-state index is -0.761. The van der Waals surface area contributed by atoms with E-state index in [1.54, 1.807) is 30.3 Å². The molecular weight excluding hydrogens is 501 g/mol. The quantitative estimate of drug-likeness (QED) is 0.383. The molecule has 7 nitrogen and oxygen atoms in total. The summed E-state index contributed by atoms with van der Waals surface area (Å²) >= 11 is 0. The first-order valence-corrected chi connectivity index (χ1v) is 13.4. The number of benzene rings is 3. The standard InChI is InChI=1S/C31H30FNO6/c32-26-10-12-27(38-21-7-3-19(4-8-21)30(34)33-20-13-15-37-16-14-20)23-9-11-28(29(23)26)39-22-5-1-18(2-6-22)24-17-25(24)31(35)36/h1-8,10,12,20,24-25,28H,9,11,13-17H2,(H,33,34)(H,35,36)/t24?,25-,28?/m0/s1. The van der Waals surface area contributed by atoms with Gasteiger partial charge in [0.05, 0.1) is 5.92 Å². The van der Waals surface area contributed by atoms with E-state index in [-0.39, 0.29) is 29.6 Å². The Bertz CT molecular complexity index is 1370. The molecule has 0 bridgehead atoms. The summed E-state index contributed by atoms with van der Waals surface area (Å²) < 4.78 is 32.6. The lowest BCUT2D eigenvalue weighted by Crippen LogP contribution is -2.38. The summed E-state index contributed by atoms with van der Waals surface area (Å²) in [5, 5.41) is 12.2. The maximum absolute atomic E-state index is 15.0. The van der Waals surface area contributed by atoms with Gasteiger partial charge in [0.25, 0.3) is 5.91 Å². The Balaban J connectivity index is 1.11. The molecule has 0 aromatic heterocycles. The number of carbonyl (C=O) groups excluding carboxylic acids is 1. The number of halogens is 1. The first-order chi connectivity index (χ1) is 19.0. The number of fused-ring (bicyclic) bond motifs is 1. The Morgan fingerprint density at radius 2 is 1.64 bits per heavy atom. The normalized spacial score (nSPS) is 22.1. The highest BCUT2D eigenvalue weighted by Gasteiger charge is 2.44. The second-order valence-corrected chi connectivity index (χ2v) is 10.4. The van der Waals surface area contributed by atoms with Crippen LogP contribution >= 0.6 is 0 Å². The molecule has 0 radical (unpaired) electrons. The highest BCUT2D eigenvalue weighted by atomic mass is 19.1. The third kappa shape index (κ3) is 5.47. The van der Waals surface area contributed by atoms with Crippen LogP contribution in [0.2, 0.25) is 0 Å². The van der Waals surface area contributed by atoms with Crippen molar-refractivity contribution in [3.05, 3.63) is 88.7 Å². The van der Waals surface area contributed by atoms with Crippen molar-refractivity contribution in [1.82, 2.24) is 5.32 Å². The molecule has 3 aromatic rings. The number of nitrogens with one attached hydrogen (secondary N) is 1. The number of carboxylic acids is 1. The summed E-state index contributed by atoms with van der Waals surface area (Å²) in [6, 6.07) is 17.5. The second-order valence-electron chi connectivity index (χ2n) is 10.4. The maximum Gasteiger partial charge on any atom is 0.307 e. The summed E-state index contributed by atoms with van der Waals surface area (Å²) in [4.78, 5) is 23.7. The summed E-state index contributed by atoms with van der Waals surface area (Å²) in [6.45, 7) is 1.32. The van der Waals surface area contributed by atoms with E-state index in [9.17, 15) is 14.0 Å². The molecule has 202 valence electrons. The van der Waals surface area contributed by atoms with Crippen LogP contribution in [-0.2, 0) is 16.0 Å². The predicted molar refractivity (Wildman–Crippen MR) is 141 cm³/mol. The molecule has 39 heavy (non-hydrogen) atoms. The Morgan fingerprint density at radius 3 is 2.33 bits per heavy atom. The fraction of sp³-hybridized carbons (Fsp3) is 0.355. The number of rotatable bonds is 8. The number of carboxylic acid groups (broad SMARTS) is 1. The van der Waals surface area contributed by atoms with Gasteiger partial charge in [0, 0.05) is 35.9 Å². The van der Waals surface area contributed by atoms with Gasteiger partial charge >= 0.3 is 5.97 Å². The van der Waals surface area contributed by atoms with E-state index in [0.29, 0.717) is 60.9 Å². The van der Waals surface area contributed by atoms with Gasteiger partial charge in [-0.3, -0.25) is 9.59 Å². The van der Waals surface area contributed by atoms with Gasteiger partial charge in [-0.25, -0.2) is 4.39 Å². The third-order valence-electron chi connectivity index (χ3n) is 7.83. The predicted octanol–water partition coefficient (Wildman–Crippen LogP) is 5.78. The van der Waals surface area contributed by atoms with Crippen LogP contribution in [0.4, 0.5) is 4.39 Å². The summed E-state index contributed by atoms with van der Waals surface area (Å²) in [7, 11) is 0. The van der Waals surface area contributed by atoms with Gasteiger partial charge in [0.15, 0.2) is 0 Å². The van der Waals surface area contributed by atoms with Crippen LogP contribution < -0.4 is 14.8 Å². The zero-order valence-electron chi connectivity index (χ0n) is 21.4. The molecule has 0 spiro atoms. The molecule has 2 N–H and O–H groups in total. The molecule has 2 unspecified atom stereocenters. The van der Waals surface area contributed by atoms with E-state index in [2.05, 4.69) is 5.32 Å². The number of carbonyl (C=O) groups is 2. The van der Waals surface area contributed by atoms with Crippen LogP contribution in [0.1, 0.15) is 64.8 Å². The average Bonchev–Trinajstić information content (AvgIpc) is 3.65.